The minimum Gasteiger partial charge on any atom is -0.491 e. The molecule has 1 aromatic rings. The summed E-state index contributed by atoms with van der Waals surface area (Å²) in [7, 11) is 0. The minimum atomic E-state index is -0.547. The Morgan fingerprint density at radius 1 is 1.25 bits per heavy atom. The molecule has 0 radical (unpaired) electrons. The van der Waals surface area contributed by atoms with Crippen molar-refractivity contribution in [2.75, 3.05) is 6.61 Å². The zero-order chi connectivity index (χ0) is 15.1. The van der Waals surface area contributed by atoms with Crippen molar-refractivity contribution in [2.24, 2.45) is 0 Å². The summed E-state index contributed by atoms with van der Waals surface area (Å²) in [6.45, 7) is 7.25. The second kappa shape index (κ2) is 7.53. The van der Waals surface area contributed by atoms with E-state index in [9.17, 15) is 9.59 Å². The van der Waals surface area contributed by atoms with Gasteiger partial charge in [-0.2, -0.15) is 0 Å². The number of amides is 2. The average Bonchev–Trinajstić information content (AvgIpc) is 2.35. The molecule has 1 rings (SSSR count). The number of rotatable bonds is 6. The van der Waals surface area contributed by atoms with E-state index in [1.807, 2.05) is 38.1 Å². The number of carbonyl (C=O) groups excluding carboxylic acids is 2. The Morgan fingerprint density at radius 2 is 1.95 bits per heavy atom. The van der Waals surface area contributed by atoms with Crippen molar-refractivity contribution in [3.63, 3.8) is 0 Å². The van der Waals surface area contributed by atoms with Gasteiger partial charge >= 0.3 is 0 Å². The quantitative estimate of drug-likeness (QED) is 0.826. The molecule has 2 unspecified atom stereocenters. The fraction of sp³-hybridized carbons (Fsp3) is 0.467. The summed E-state index contributed by atoms with van der Waals surface area (Å²) in [6, 6.07) is 7.05. The predicted molar refractivity (Wildman–Crippen MR) is 77.6 cm³/mol. The van der Waals surface area contributed by atoms with Gasteiger partial charge in [-0.3, -0.25) is 9.59 Å². The van der Waals surface area contributed by atoms with Crippen LogP contribution in [0.2, 0.25) is 0 Å². The summed E-state index contributed by atoms with van der Waals surface area (Å²) in [5, 5.41) is 5.33. The van der Waals surface area contributed by atoms with Crippen LogP contribution in [0.4, 0.5) is 0 Å². The molecular formula is C15H22N2O3. The van der Waals surface area contributed by atoms with Gasteiger partial charge in [-0.15, -0.1) is 0 Å². The van der Waals surface area contributed by atoms with Gasteiger partial charge in [0.05, 0.1) is 6.04 Å². The molecule has 1 aromatic carbocycles. The van der Waals surface area contributed by atoms with Gasteiger partial charge in [0.25, 0.3) is 0 Å². The zero-order valence-electron chi connectivity index (χ0n) is 12.4. The largest absolute Gasteiger partial charge is 0.491 e. The molecule has 2 atom stereocenters. The van der Waals surface area contributed by atoms with Crippen LogP contribution in [0.15, 0.2) is 24.3 Å². The highest BCUT2D eigenvalue weighted by Crippen LogP contribution is 2.12. The first-order valence-electron chi connectivity index (χ1n) is 6.65. The molecule has 20 heavy (non-hydrogen) atoms. The van der Waals surface area contributed by atoms with E-state index >= 15 is 0 Å². The SMILES string of the molecule is CC(=O)NC(C)C(=O)NC(C)COc1cccc(C)c1. The Hall–Kier alpha value is -2.04. The fourth-order valence-corrected chi connectivity index (χ4v) is 1.71. The standard InChI is InChI=1S/C15H22N2O3/c1-10-6-5-7-14(8-10)20-9-11(2)16-15(19)12(3)17-13(4)18/h5-8,11-12H,9H2,1-4H3,(H,16,19)(H,17,18). The van der Waals surface area contributed by atoms with E-state index in [4.69, 9.17) is 4.74 Å². The summed E-state index contributed by atoms with van der Waals surface area (Å²) >= 11 is 0. The van der Waals surface area contributed by atoms with Gasteiger partial charge in [-0.25, -0.2) is 0 Å². The highest BCUT2D eigenvalue weighted by Gasteiger charge is 2.16. The van der Waals surface area contributed by atoms with Gasteiger partial charge in [0.1, 0.15) is 18.4 Å². The third-order valence-electron chi connectivity index (χ3n) is 2.69. The molecule has 0 fully saturated rings. The van der Waals surface area contributed by atoms with Crippen molar-refractivity contribution in [3.8, 4) is 5.75 Å². The fourth-order valence-electron chi connectivity index (χ4n) is 1.71. The Bertz CT molecular complexity index is 474. The monoisotopic (exact) mass is 278 g/mol. The molecule has 0 heterocycles. The van der Waals surface area contributed by atoms with Crippen LogP contribution in [0.25, 0.3) is 0 Å². The van der Waals surface area contributed by atoms with E-state index in [1.165, 1.54) is 6.92 Å². The molecule has 5 heteroatoms. The Morgan fingerprint density at radius 3 is 2.55 bits per heavy atom. The van der Waals surface area contributed by atoms with Crippen LogP contribution in [0.5, 0.6) is 5.75 Å². The third-order valence-corrected chi connectivity index (χ3v) is 2.69. The van der Waals surface area contributed by atoms with Crippen molar-refractivity contribution in [1.82, 2.24) is 10.6 Å². The summed E-state index contributed by atoms with van der Waals surface area (Å²) < 4.78 is 5.61. The van der Waals surface area contributed by atoms with Gasteiger partial charge in [-0.1, -0.05) is 12.1 Å². The predicted octanol–water partition coefficient (Wildman–Crippen LogP) is 1.40. The molecule has 5 nitrogen and oxygen atoms in total. The molecule has 0 aliphatic carbocycles. The maximum Gasteiger partial charge on any atom is 0.242 e. The second-order valence-electron chi connectivity index (χ2n) is 4.96. The van der Waals surface area contributed by atoms with Crippen LogP contribution in [-0.2, 0) is 9.59 Å². The number of nitrogens with one attached hydrogen (secondary N) is 2. The summed E-state index contributed by atoms with van der Waals surface area (Å²) in [5.41, 5.74) is 1.12. The van der Waals surface area contributed by atoms with Gasteiger partial charge in [0.2, 0.25) is 11.8 Å². The van der Waals surface area contributed by atoms with Crippen molar-refractivity contribution in [2.45, 2.75) is 39.8 Å². The van der Waals surface area contributed by atoms with E-state index in [-0.39, 0.29) is 17.9 Å². The molecular weight excluding hydrogens is 256 g/mol. The number of benzene rings is 1. The van der Waals surface area contributed by atoms with E-state index in [0.717, 1.165) is 11.3 Å². The van der Waals surface area contributed by atoms with Crippen LogP contribution in [0, 0.1) is 6.92 Å². The molecule has 0 saturated heterocycles. The molecule has 0 saturated carbocycles. The summed E-state index contributed by atoms with van der Waals surface area (Å²) in [4.78, 5) is 22.6. The first-order valence-corrected chi connectivity index (χ1v) is 6.65. The van der Waals surface area contributed by atoms with Gasteiger partial charge in [-0.05, 0) is 38.5 Å². The van der Waals surface area contributed by atoms with Crippen LogP contribution < -0.4 is 15.4 Å². The maximum atomic E-state index is 11.8. The van der Waals surface area contributed by atoms with Crippen molar-refractivity contribution in [3.05, 3.63) is 29.8 Å². The lowest BCUT2D eigenvalue weighted by Gasteiger charge is -2.18. The zero-order valence-corrected chi connectivity index (χ0v) is 12.4. The van der Waals surface area contributed by atoms with Crippen LogP contribution in [-0.4, -0.2) is 30.5 Å². The number of aryl methyl sites for hydroxylation is 1. The number of hydrogen-bond acceptors (Lipinski definition) is 3. The van der Waals surface area contributed by atoms with Gasteiger partial charge in [0, 0.05) is 6.92 Å². The Labute approximate surface area is 119 Å². The first-order chi connectivity index (χ1) is 9.38. The molecule has 2 N–H and O–H groups in total. The van der Waals surface area contributed by atoms with Crippen LogP contribution in [0.3, 0.4) is 0 Å². The lowest BCUT2D eigenvalue weighted by molar-refractivity contribution is -0.128. The highest BCUT2D eigenvalue weighted by atomic mass is 16.5. The summed E-state index contributed by atoms with van der Waals surface area (Å²) in [6.07, 6.45) is 0. The number of ether oxygens (including phenoxy) is 1. The van der Waals surface area contributed by atoms with E-state index < -0.39 is 6.04 Å². The van der Waals surface area contributed by atoms with E-state index in [2.05, 4.69) is 10.6 Å². The number of hydrogen-bond donors (Lipinski definition) is 2. The second-order valence-corrected chi connectivity index (χ2v) is 4.96. The topological polar surface area (TPSA) is 67.4 Å². The van der Waals surface area contributed by atoms with Crippen molar-refractivity contribution < 1.29 is 14.3 Å². The average molecular weight is 278 g/mol. The smallest absolute Gasteiger partial charge is 0.242 e. The molecule has 0 aliphatic heterocycles. The highest BCUT2D eigenvalue weighted by molar-refractivity contribution is 5.86. The molecule has 0 aliphatic rings. The lowest BCUT2D eigenvalue weighted by Crippen LogP contribution is -2.48. The molecule has 110 valence electrons. The molecule has 0 aromatic heterocycles. The van der Waals surface area contributed by atoms with E-state index in [1.54, 1.807) is 6.92 Å². The maximum absolute atomic E-state index is 11.8. The van der Waals surface area contributed by atoms with Gasteiger partial charge in [0.15, 0.2) is 0 Å². The molecule has 2 amide bonds. The molecule has 0 spiro atoms. The van der Waals surface area contributed by atoms with E-state index in [0.29, 0.717) is 6.61 Å². The number of carbonyl (C=O) groups is 2. The first kappa shape index (κ1) is 16.0. The lowest BCUT2D eigenvalue weighted by atomic mass is 10.2. The normalized spacial score (nSPS) is 13.2. The van der Waals surface area contributed by atoms with Crippen molar-refractivity contribution in [1.29, 1.82) is 0 Å². The molecule has 0 bridgehead atoms. The summed E-state index contributed by atoms with van der Waals surface area (Å²) in [5.74, 6) is 0.331. The third kappa shape index (κ3) is 5.73. The van der Waals surface area contributed by atoms with Crippen LogP contribution in [0.1, 0.15) is 26.3 Å². The Kier molecular flexibility index (Phi) is 6.03. The van der Waals surface area contributed by atoms with Crippen molar-refractivity contribution >= 4 is 11.8 Å². The van der Waals surface area contributed by atoms with Gasteiger partial charge < -0.3 is 15.4 Å². The van der Waals surface area contributed by atoms with Crippen LogP contribution >= 0.6 is 0 Å². The minimum absolute atomic E-state index is 0.140. The Balaban J connectivity index is 2.38.